The molecule has 0 saturated carbocycles. The summed E-state index contributed by atoms with van der Waals surface area (Å²) in [6.45, 7) is 2.84. The quantitative estimate of drug-likeness (QED) is 0.474. The molecule has 2 aromatic heterocycles. The second-order valence-electron chi connectivity index (χ2n) is 7.79. The minimum absolute atomic E-state index is 0. The van der Waals surface area contributed by atoms with Gasteiger partial charge >= 0.3 is 12.2 Å². The van der Waals surface area contributed by atoms with Crippen LogP contribution in [0.4, 0.5) is 33.7 Å². The van der Waals surface area contributed by atoms with Gasteiger partial charge in [0, 0.05) is 32.0 Å². The molecule has 9 nitrogen and oxygen atoms in total. The van der Waals surface area contributed by atoms with Gasteiger partial charge < -0.3 is 19.6 Å². The highest BCUT2D eigenvalue weighted by Crippen LogP contribution is 2.33. The number of aryl methyl sites for hydroxylation is 1. The number of benzene rings is 1. The van der Waals surface area contributed by atoms with Crippen molar-refractivity contribution in [2.24, 2.45) is 0 Å². The van der Waals surface area contributed by atoms with Gasteiger partial charge in [-0.25, -0.2) is 14.2 Å². The van der Waals surface area contributed by atoms with Gasteiger partial charge in [0.15, 0.2) is 0 Å². The van der Waals surface area contributed by atoms with Crippen LogP contribution in [-0.2, 0) is 6.18 Å². The number of carbonyl (C=O) groups excluding carboxylic acids is 2. The molecule has 3 aromatic rings. The van der Waals surface area contributed by atoms with Crippen molar-refractivity contribution in [3.63, 3.8) is 0 Å². The Balaban J connectivity index is 0.00000432. The Labute approximate surface area is 203 Å². The number of rotatable bonds is 6. The number of fused-ring (bicyclic) bond motifs is 1. The maximum atomic E-state index is 13.5. The van der Waals surface area contributed by atoms with Crippen LogP contribution in [0, 0.1) is 12.7 Å². The van der Waals surface area contributed by atoms with Crippen LogP contribution in [0.3, 0.4) is 0 Å². The first kappa shape index (κ1) is 27.8. The maximum Gasteiger partial charge on any atom is 0.419 e. The van der Waals surface area contributed by atoms with E-state index in [9.17, 15) is 27.2 Å². The zero-order valence-corrected chi connectivity index (χ0v) is 20.0. The van der Waals surface area contributed by atoms with Gasteiger partial charge in [0.25, 0.3) is 11.6 Å². The fourth-order valence-corrected chi connectivity index (χ4v) is 3.22. The number of urea groups is 1. The lowest BCUT2D eigenvalue weighted by atomic mass is 10.1. The van der Waals surface area contributed by atoms with Gasteiger partial charge in [0.2, 0.25) is 0 Å². The second kappa shape index (κ2) is 10.9. The Bertz CT molecular complexity index is 1230. The fourth-order valence-electron chi connectivity index (χ4n) is 3.22. The molecule has 0 aliphatic heterocycles. The predicted molar refractivity (Wildman–Crippen MR) is 123 cm³/mol. The number of carbonyl (C=O) groups is 2. The highest BCUT2D eigenvalue weighted by atomic mass is 35.5. The van der Waals surface area contributed by atoms with Gasteiger partial charge in [0.05, 0.1) is 27.9 Å². The normalized spacial score (nSPS) is 11.3. The third-order valence-corrected chi connectivity index (χ3v) is 4.91. The van der Waals surface area contributed by atoms with E-state index in [4.69, 9.17) is 4.52 Å². The van der Waals surface area contributed by atoms with E-state index < -0.39 is 29.5 Å². The Kier molecular flexibility index (Phi) is 8.63. The lowest BCUT2D eigenvalue weighted by Crippen LogP contribution is -2.36. The molecule has 0 aliphatic carbocycles. The minimum atomic E-state index is -4.95. The first-order chi connectivity index (χ1) is 15.9. The summed E-state index contributed by atoms with van der Waals surface area (Å²) in [4.78, 5) is 33.1. The molecule has 0 bridgehead atoms. The van der Waals surface area contributed by atoms with E-state index in [1.54, 1.807) is 18.9 Å². The van der Waals surface area contributed by atoms with Crippen LogP contribution in [0.1, 0.15) is 21.6 Å². The van der Waals surface area contributed by atoms with Crippen LogP contribution in [0.2, 0.25) is 0 Å². The number of likely N-dealkylation sites (N-methyl/N-ethyl adjacent to an activating group) is 2. The fraction of sp³-hybridized carbons (Fsp3) is 0.333. The molecule has 0 radical (unpaired) electrons. The van der Waals surface area contributed by atoms with Crippen molar-refractivity contribution in [1.29, 1.82) is 0 Å². The molecule has 0 saturated heterocycles. The summed E-state index contributed by atoms with van der Waals surface area (Å²) in [5.41, 5.74) is -0.734. The number of aromatic nitrogens is 2. The highest BCUT2D eigenvalue weighted by Gasteiger charge is 2.34. The van der Waals surface area contributed by atoms with Gasteiger partial charge in [-0.3, -0.25) is 10.1 Å². The average molecular weight is 519 g/mol. The van der Waals surface area contributed by atoms with E-state index in [1.165, 1.54) is 6.20 Å². The molecule has 0 unspecified atom stereocenters. The summed E-state index contributed by atoms with van der Waals surface area (Å²) in [6.07, 6.45) is -3.73. The molecule has 3 rings (SSSR count). The van der Waals surface area contributed by atoms with Crippen molar-refractivity contribution < 1.29 is 31.7 Å². The lowest BCUT2D eigenvalue weighted by Gasteiger charge is -2.24. The van der Waals surface area contributed by atoms with Crippen molar-refractivity contribution in [2.75, 3.05) is 44.4 Å². The molecule has 0 atom stereocenters. The molecular weight excluding hydrogens is 496 g/mol. The zero-order chi connectivity index (χ0) is 25.2. The van der Waals surface area contributed by atoms with Crippen LogP contribution in [0.5, 0.6) is 0 Å². The molecule has 2 N–H and O–H groups in total. The molecule has 14 heteroatoms. The van der Waals surface area contributed by atoms with Crippen molar-refractivity contribution in [3.8, 4) is 0 Å². The summed E-state index contributed by atoms with van der Waals surface area (Å²) in [6, 6.07) is 0.857. The van der Waals surface area contributed by atoms with Gasteiger partial charge in [-0.05, 0) is 39.2 Å². The van der Waals surface area contributed by atoms with E-state index >= 15 is 0 Å². The molecule has 2 heterocycles. The molecule has 0 aliphatic rings. The molecule has 3 amide bonds. The number of anilines is 2. The van der Waals surface area contributed by atoms with Gasteiger partial charge in [-0.2, -0.15) is 13.2 Å². The molecule has 0 spiro atoms. The molecular formula is C21H23ClF4N6O3. The van der Waals surface area contributed by atoms with Crippen LogP contribution < -0.4 is 15.5 Å². The topological polar surface area (TPSA) is 104 Å². The van der Waals surface area contributed by atoms with E-state index in [1.807, 2.05) is 19.0 Å². The molecule has 0 fully saturated rings. The zero-order valence-electron chi connectivity index (χ0n) is 19.2. The SMILES string of the molecule is Cc1noc2ncc(C(=O)NC(=O)Nc3ccc(F)c(C(F)(F)F)c3)c(N(C)CCN(C)C)c12.Cl. The first-order valence-electron chi connectivity index (χ1n) is 9.98. The monoisotopic (exact) mass is 518 g/mol. The summed E-state index contributed by atoms with van der Waals surface area (Å²) >= 11 is 0. The minimum Gasteiger partial charge on any atom is -0.372 e. The van der Waals surface area contributed by atoms with Crippen molar-refractivity contribution in [2.45, 2.75) is 13.1 Å². The van der Waals surface area contributed by atoms with E-state index in [2.05, 4.69) is 20.8 Å². The van der Waals surface area contributed by atoms with Gasteiger partial charge in [-0.15, -0.1) is 12.4 Å². The summed E-state index contributed by atoms with van der Waals surface area (Å²) in [5.74, 6) is -2.33. The smallest absolute Gasteiger partial charge is 0.372 e. The van der Waals surface area contributed by atoms with E-state index in [0.29, 0.717) is 42.0 Å². The third kappa shape index (κ3) is 6.36. The van der Waals surface area contributed by atoms with Crippen LogP contribution in [-0.4, -0.2) is 61.2 Å². The Morgan fingerprint density at radius 3 is 2.46 bits per heavy atom. The standard InChI is InChI=1S/C21H22F4N6O3.ClH/c1-11-16-17(31(4)8-7-30(2)3)13(10-26-19(16)34-29-11)18(32)28-20(33)27-12-5-6-15(22)14(9-12)21(23,24)25;/h5-6,9-10H,7-8H2,1-4H3,(H2,27,28,32,33);1H. The Hall–Kier alpha value is -3.45. The third-order valence-electron chi connectivity index (χ3n) is 4.91. The van der Waals surface area contributed by atoms with Crippen molar-refractivity contribution in [1.82, 2.24) is 20.4 Å². The number of pyridine rings is 1. The number of amides is 3. The highest BCUT2D eigenvalue weighted by molar-refractivity contribution is 6.13. The van der Waals surface area contributed by atoms with Crippen LogP contribution >= 0.6 is 12.4 Å². The van der Waals surface area contributed by atoms with E-state index in [-0.39, 0.29) is 29.4 Å². The number of hydrogen-bond donors (Lipinski definition) is 2. The molecule has 190 valence electrons. The summed E-state index contributed by atoms with van der Waals surface area (Å²) < 4.78 is 57.4. The number of nitrogens with one attached hydrogen (secondary N) is 2. The first-order valence-corrected chi connectivity index (χ1v) is 9.98. The molecule has 1 aromatic carbocycles. The Morgan fingerprint density at radius 1 is 1.14 bits per heavy atom. The maximum absolute atomic E-state index is 13.5. The van der Waals surface area contributed by atoms with E-state index in [0.717, 1.165) is 6.07 Å². The molecule has 35 heavy (non-hydrogen) atoms. The van der Waals surface area contributed by atoms with Crippen LogP contribution in [0.15, 0.2) is 28.9 Å². The number of imide groups is 1. The van der Waals surface area contributed by atoms with Crippen molar-refractivity contribution >= 4 is 46.8 Å². The number of alkyl halides is 3. The van der Waals surface area contributed by atoms with Gasteiger partial charge in [0.1, 0.15) is 5.82 Å². The number of hydrogen-bond acceptors (Lipinski definition) is 7. The number of nitrogens with zero attached hydrogens (tertiary/aromatic N) is 4. The largest absolute Gasteiger partial charge is 0.419 e. The lowest BCUT2D eigenvalue weighted by molar-refractivity contribution is -0.139. The average Bonchev–Trinajstić information content (AvgIpc) is 3.12. The summed E-state index contributed by atoms with van der Waals surface area (Å²) in [5, 5.41) is 8.53. The van der Waals surface area contributed by atoms with Crippen molar-refractivity contribution in [3.05, 3.63) is 47.0 Å². The summed E-state index contributed by atoms with van der Waals surface area (Å²) in [7, 11) is 5.52. The van der Waals surface area contributed by atoms with Gasteiger partial charge in [-0.1, -0.05) is 5.16 Å². The predicted octanol–water partition coefficient (Wildman–Crippen LogP) is 4.07. The second-order valence-corrected chi connectivity index (χ2v) is 7.79. The number of halogens is 5. The Morgan fingerprint density at radius 2 is 1.83 bits per heavy atom. The van der Waals surface area contributed by atoms with Crippen LogP contribution in [0.25, 0.3) is 11.1 Å².